The average molecular weight is 385 g/mol. The molecule has 28 heavy (non-hydrogen) atoms. The third-order valence-electron chi connectivity index (χ3n) is 5.10. The quantitative estimate of drug-likeness (QED) is 0.876. The number of hydrogen-bond acceptors (Lipinski definition) is 5. The molecule has 1 aromatic heterocycles. The number of rotatable bonds is 4. The summed E-state index contributed by atoms with van der Waals surface area (Å²) in [4.78, 5) is 19.4. The van der Waals surface area contributed by atoms with Crippen LogP contribution in [0.2, 0.25) is 0 Å². The molecular weight excluding hydrogens is 361 g/mol. The van der Waals surface area contributed by atoms with Gasteiger partial charge in [-0.05, 0) is 36.6 Å². The van der Waals surface area contributed by atoms with Gasteiger partial charge >= 0.3 is 0 Å². The maximum atomic E-state index is 13.2. The van der Waals surface area contributed by atoms with E-state index in [0.29, 0.717) is 43.4 Å². The van der Waals surface area contributed by atoms with Gasteiger partial charge in [0.05, 0.1) is 19.2 Å². The van der Waals surface area contributed by atoms with Gasteiger partial charge in [-0.3, -0.25) is 4.79 Å². The number of pyridine rings is 1. The number of benzene rings is 1. The van der Waals surface area contributed by atoms with Gasteiger partial charge in [0.1, 0.15) is 18.1 Å². The molecule has 1 aromatic carbocycles. The summed E-state index contributed by atoms with van der Waals surface area (Å²) >= 11 is 0. The number of amides is 1. The van der Waals surface area contributed by atoms with E-state index in [9.17, 15) is 9.18 Å². The zero-order valence-electron chi connectivity index (χ0n) is 15.9. The topological polar surface area (TPSA) is 63.7 Å². The van der Waals surface area contributed by atoms with E-state index in [2.05, 4.69) is 10.3 Å². The first-order valence-corrected chi connectivity index (χ1v) is 9.61. The normalized spacial score (nSPS) is 18.9. The van der Waals surface area contributed by atoms with Crippen molar-refractivity contribution in [3.05, 3.63) is 53.0 Å². The van der Waals surface area contributed by atoms with Crippen molar-refractivity contribution in [3.63, 3.8) is 0 Å². The van der Waals surface area contributed by atoms with Crippen molar-refractivity contribution in [2.75, 3.05) is 38.3 Å². The van der Waals surface area contributed by atoms with Gasteiger partial charge in [-0.2, -0.15) is 0 Å². The highest BCUT2D eigenvalue weighted by Crippen LogP contribution is 2.34. The van der Waals surface area contributed by atoms with E-state index >= 15 is 0 Å². The molecule has 1 fully saturated rings. The van der Waals surface area contributed by atoms with Crippen LogP contribution in [0.4, 0.5) is 10.2 Å². The number of fused-ring (bicyclic) bond motifs is 1. The van der Waals surface area contributed by atoms with Gasteiger partial charge in [-0.25, -0.2) is 9.37 Å². The van der Waals surface area contributed by atoms with Crippen molar-refractivity contribution < 1.29 is 18.7 Å². The highest BCUT2D eigenvalue weighted by Gasteiger charge is 2.25. The van der Waals surface area contributed by atoms with Crippen molar-refractivity contribution in [1.29, 1.82) is 0 Å². The number of ether oxygens (including phenoxy) is 2. The largest absolute Gasteiger partial charge is 0.488 e. The smallest absolute Gasteiger partial charge is 0.270 e. The molecule has 0 spiro atoms. The molecule has 1 saturated heterocycles. The Balaban J connectivity index is 1.64. The number of carbonyl (C=O) groups is 1. The summed E-state index contributed by atoms with van der Waals surface area (Å²) in [7, 11) is 1.94. The summed E-state index contributed by atoms with van der Waals surface area (Å²) in [6, 6.07) is 8.15. The first kappa shape index (κ1) is 18.7. The van der Waals surface area contributed by atoms with E-state index in [1.54, 1.807) is 18.2 Å². The number of nitrogens with one attached hydrogen (secondary N) is 1. The number of hydrogen-bond donors (Lipinski definition) is 1. The fraction of sp³-hybridized carbons (Fsp3) is 0.429. The molecule has 1 N–H and O–H groups in total. The minimum Gasteiger partial charge on any atom is -0.488 e. The molecule has 6 nitrogen and oxygen atoms in total. The molecule has 148 valence electrons. The molecule has 1 unspecified atom stereocenters. The number of anilines is 1. The van der Waals surface area contributed by atoms with Crippen molar-refractivity contribution in [1.82, 2.24) is 10.3 Å². The minimum absolute atomic E-state index is 0.00797. The zero-order chi connectivity index (χ0) is 19.5. The highest BCUT2D eigenvalue weighted by atomic mass is 19.1. The fourth-order valence-corrected chi connectivity index (χ4v) is 3.56. The van der Waals surface area contributed by atoms with Gasteiger partial charge in [0.25, 0.3) is 5.91 Å². The van der Waals surface area contributed by atoms with Crippen LogP contribution in [0.25, 0.3) is 0 Å². The predicted molar refractivity (Wildman–Crippen MR) is 104 cm³/mol. The van der Waals surface area contributed by atoms with E-state index in [1.807, 2.05) is 11.9 Å². The summed E-state index contributed by atoms with van der Waals surface area (Å²) in [6.07, 6.45) is 2.38. The summed E-state index contributed by atoms with van der Waals surface area (Å²) < 4.78 is 24.6. The zero-order valence-corrected chi connectivity index (χ0v) is 15.9. The maximum Gasteiger partial charge on any atom is 0.270 e. The predicted octanol–water partition coefficient (Wildman–Crippen LogP) is 2.55. The molecule has 2 aliphatic heterocycles. The Hall–Kier alpha value is -2.67. The van der Waals surface area contributed by atoms with Crippen molar-refractivity contribution >= 4 is 11.7 Å². The molecule has 4 rings (SSSR count). The van der Waals surface area contributed by atoms with Crippen LogP contribution in [0.5, 0.6) is 5.75 Å². The van der Waals surface area contributed by atoms with Gasteiger partial charge in [0, 0.05) is 25.6 Å². The first-order chi connectivity index (χ1) is 13.6. The van der Waals surface area contributed by atoms with Crippen LogP contribution in [0.15, 0.2) is 30.3 Å². The van der Waals surface area contributed by atoms with Crippen LogP contribution in [-0.4, -0.2) is 50.3 Å². The van der Waals surface area contributed by atoms with Crippen molar-refractivity contribution in [3.8, 4) is 5.75 Å². The van der Waals surface area contributed by atoms with Crippen LogP contribution in [0.3, 0.4) is 0 Å². The lowest BCUT2D eigenvalue weighted by Crippen LogP contribution is -2.41. The Kier molecular flexibility index (Phi) is 5.43. The summed E-state index contributed by atoms with van der Waals surface area (Å²) in [5.74, 6) is 0.871. The molecular formula is C21H24FN3O3. The number of carbonyl (C=O) groups excluding carboxylic acids is 1. The monoisotopic (exact) mass is 385 g/mol. The second-order valence-corrected chi connectivity index (χ2v) is 7.28. The minimum atomic E-state index is -0.272. The number of aromatic nitrogens is 1. The van der Waals surface area contributed by atoms with E-state index < -0.39 is 0 Å². The van der Waals surface area contributed by atoms with Crippen LogP contribution < -0.4 is 15.0 Å². The van der Waals surface area contributed by atoms with Gasteiger partial charge < -0.3 is 19.7 Å². The van der Waals surface area contributed by atoms with Crippen molar-refractivity contribution in [2.45, 2.75) is 25.3 Å². The Morgan fingerprint density at radius 2 is 2.14 bits per heavy atom. The Labute approximate surface area is 163 Å². The summed E-state index contributed by atoms with van der Waals surface area (Å²) in [6.45, 7) is 2.54. The van der Waals surface area contributed by atoms with Crippen LogP contribution in [0.1, 0.15) is 34.5 Å². The second kappa shape index (κ2) is 8.14. The van der Waals surface area contributed by atoms with E-state index in [0.717, 1.165) is 30.6 Å². The first-order valence-electron chi connectivity index (χ1n) is 9.61. The Morgan fingerprint density at radius 3 is 2.89 bits per heavy atom. The molecule has 1 atom stereocenters. The maximum absolute atomic E-state index is 13.2. The molecule has 2 aliphatic rings. The molecule has 0 saturated carbocycles. The molecule has 2 aromatic rings. The number of nitrogens with zero attached hydrogens (tertiary/aromatic N) is 2. The van der Waals surface area contributed by atoms with Crippen LogP contribution >= 0.6 is 0 Å². The third-order valence-corrected chi connectivity index (χ3v) is 5.10. The average Bonchev–Trinajstić information content (AvgIpc) is 2.71. The Bertz CT molecular complexity index is 851. The fourth-order valence-electron chi connectivity index (χ4n) is 3.56. The highest BCUT2D eigenvalue weighted by molar-refractivity contribution is 5.93. The number of halogens is 1. The molecule has 1 amide bonds. The summed E-state index contributed by atoms with van der Waals surface area (Å²) in [5, 5.41) is 3.02. The van der Waals surface area contributed by atoms with Crippen LogP contribution in [0, 0.1) is 5.82 Å². The van der Waals surface area contributed by atoms with E-state index in [-0.39, 0.29) is 17.8 Å². The lowest BCUT2D eigenvalue weighted by atomic mass is 10.0. The molecule has 0 radical (unpaired) electrons. The lowest BCUT2D eigenvalue weighted by molar-refractivity contribution is 0.0622. The van der Waals surface area contributed by atoms with E-state index in [4.69, 9.17) is 9.47 Å². The molecule has 3 heterocycles. The lowest BCUT2D eigenvalue weighted by Gasteiger charge is -2.29. The van der Waals surface area contributed by atoms with Gasteiger partial charge in [-0.1, -0.05) is 12.1 Å². The van der Waals surface area contributed by atoms with Crippen LogP contribution in [-0.2, 0) is 11.2 Å². The third kappa shape index (κ3) is 4.09. The standard InChI is InChI=1S/C21H24FN3O3/c1-25-8-10-28-19-15(11-14-4-6-16(22)7-5-14)12-18(24-20(19)25)21(26)23-17-3-2-9-27-13-17/h4-7,12,17H,2-3,8-11,13H2,1H3,(H,23,26). The molecule has 0 bridgehead atoms. The molecule has 0 aliphatic carbocycles. The number of likely N-dealkylation sites (N-methyl/N-ethyl adjacent to an activating group) is 1. The van der Waals surface area contributed by atoms with E-state index in [1.165, 1.54) is 12.1 Å². The van der Waals surface area contributed by atoms with Gasteiger partial charge in [0.2, 0.25) is 0 Å². The van der Waals surface area contributed by atoms with Gasteiger partial charge in [-0.15, -0.1) is 0 Å². The molecule has 7 heteroatoms. The Morgan fingerprint density at radius 1 is 1.32 bits per heavy atom. The summed E-state index contributed by atoms with van der Waals surface area (Å²) in [5.41, 5.74) is 2.17. The second-order valence-electron chi connectivity index (χ2n) is 7.28. The van der Waals surface area contributed by atoms with Gasteiger partial charge in [0.15, 0.2) is 11.6 Å². The SMILES string of the molecule is CN1CCOc2c(Cc3ccc(F)cc3)cc(C(=O)NC3CCCOC3)nc21. The van der Waals surface area contributed by atoms with Crippen molar-refractivity contribution in [2.24, 2.45) is 0 Å².